The first-order chi connectivity index (χ1) is 12.4. The van der Waals surface area contributed by atoms with Crippen molar-refractivity contribution >= 4 is 34.8 Å². The first kappa shape index (κ1) is 19.3. The highest BCUT2D eigenvalue weighted by Gasteiger charge is 2.11. The van der Waals surface area contributed by atoms with Gasteiger partial charge in [0.1, 0.15) is 12.3 Å². The van der Waals surface area contributed by atoms with Crippen molar-refractivity contribution < 1.29 is 32.6 Å². The molecule has 0 aliphatic heterocycles. The summed E-state index contributed by atoms with van der Waals surface area (Å²) in [4.78, 5) is 35.3. The van der Waals surface area contributed by atoms with Gasteiger partial charge < -0.3 is 20.1 Å². The Morgan fingerprint density at radius 2 is 1.85 bits per heavy atom. The number of anilines is 1. The number of thiophene rings is 1. The van der Waals surface area contributed by atoms with E-state index in [0.29, 0.717) is 10.6 Å². The van der Waals surface area contributed by atoms with Gasteiger partial charge in [0.25, 0.3) is 11.8 Å². The zero-order valence-electron chi connectivity index (χ0n) is 13.2. The average Bonchev–Trinajstić information content (AvgIpc) is 3.14. The number of hydrogen-bond donors (Lipinski definition) is 2. The molecule has 0 saturated carbocycles. The number of benzene rings is 1. The van der Waals surface area contributed by atoms with E-state index in [0.717, 1.165) is 0 Å². The molecule has 1 aromatic carbocycles. The molecule has 0 fully saturated rings. The highest BCUT2D eigenvalue weighted by atomic mass is 32.1. The number of rotatable bonds is 8. The maximum atomic E-state index is 12.0. The average molecular weight is 384 g/mol. The Morgan fingerprint density at radius 1 is 1.12 bits per heavy atom. The molecule has 0 radical (unpaired) electrons. The standard InChI is InChI=1S/C16H14F2N2O5S/c17-16(18)25-11-5-3-10(4-6-11)20-13(21)9-24-14(22)8-19-15(23)12-2-1-7-26-12/h1-7,16H,8-9H2,(H,19,23)(H,20,21). The number of amides is 2. The highest BCUT2D eigenvalue weighted by molar-refractivity contribution is 7.12. The van der Waals surface area contributed by atoms with Crippen LogP contribution in [0.1, 0.15) is 9.67 Å². The van der Waals surface area contributed by atoms with Gasteiger partial charge >= 0.3 is 12.6 Å². The number of ether oxygens (including phenoxy) is 2. The van der Waals surface area contributed by atoms with E-state index in [-0.39, 0.29) is 12.3 Å². The van der Waals surface area contributed by atoms with E-state index in [2.05, 4.69) is 15.4 Å². The lowest BCUT2D eigenvalue weighted by Crippen LogP contribution is -2.31. The van der Waals surface area contributed by atoms with Crippen LogP contribution in [-0.4, -0.2) is 37.5 Å². The fourth-order valence-corrected chi connectivity index (χ4v) is 2.40. The van der Waals surface area contributed by atoms with Gasteiger partial charge in [-0.3, -0.25) is 14.4 Å². The summed E-state index contributed by atoms with van der Waals surface area (Å²) >= 11 is 1.23. The molecule has 0 aliphatic carbocycles. The van der Waals surface area contributed by atoms with Gasteiger partial charge in [-0.2, -0.15) is 8.78 Å². The number of nitrogens with one attached hydrogen (secondary N) is 2. The number of alkyl halides is 2. The van der Waals surface area contributed by atoms with E-state index in [4.69, 9.17) is 4.74 Å². The molecular formula is C16H14F2N2O5S. The van der Waals surface area contributed by atoms with Crippen molar-refractivity contribution in [3.05, 3.63) is 46.7 Å². The third-order valence-electron chi connectivity index (χ3n) is 2.87. The van der Waals surface area contributed by atoms with Crippen molar-refractivity contribution in [1.82, 2.24) is 5.32 Å². The van der Waals surface area contributed by atoms with E-state index in [9.17, 15) is 23.2 Å². The Bertz CT molecular complexity index is 751. The summed E-state index contributed by atoms with van der Waals surface area (Å²) < 4.78 is 33.0. The van der Waals surface area contributed by atoms with Crippen LogP contribution in [0.2, 0.25) is 0 Å². The lowest BCUT2D eigenvalue weighted by molar-refractivity contribution is -0.146. The fraction of sp³-hybridized carbons (Fsp3) is 0.188. The molecule has 138 valence electrons. The summed E-state index contributed by atoms with van der Waals surface area (Å²) in [5.74, 6) is -1.85. The number of hydrogen-bond acceptors (Lipinski definition) is 6. The lowest BCUT2D eigenvalue weighted by Gasteiger charge is -2.08. The molecule has 0 spiro atoms. The van der Waals surface area contributed by atoms with Crippen LogP contribution in [0.25, 0.3) is 0 Å². The molecule has 7 nitrogen and oxygen atoms in total. The van der Waals surface area contributed by atoms with E-state index in [1.165, 1.54) is 35.6 Å². The second-order valence-corrected chi connectivity index (χ2v) is 5.72. The maximum absolute atomic E-state index is 12.0. The van der Waals surface area contributed by atoms with Crippen LogP contribution in [-0.2, 0) is 14.3 Å². The van der Waals surface area contributed by atoms with Gasteiger partial charge in [0.05, 0.1) is 4.88 Å². The monoisotopic (exact) mass is 384 g/mol. The molecule has 2 aromatic rings. The molecule has 0 unspecified atom stereocenters. The minimum Gasteiger partial charge on any atom is -0.454 e. The van der Waals surface area contributed by atoms with Gasteiger partial charge in [-0.05, 0) is 35.7 Å². The minimum absolute atomic E-state index is 0.0501. The van der Waals surface area contributed by atoms with Gasteiger partial charge in [0, 0.05) is 5.69 Å². The molecule has 10 heteroatoms. The van der Waals surface area contributed by atoms with Gasteiger partial charge in [-0.1, -0.05) is 6.07 Å². The van der Waals surface area contributed by atoms with E-state index >= 15 is 0 Å². The molecule has 2 amide bonds. The third-order valence-corrected chi connectivity index (χ3v) is 3.73. The van der Waals surface area contributed by atoms with Crippen molar-refractivity contribution in [2.24, 2.45) is 0 Å². The van der Waals surface area contributed by atoms with E-state index < -0.39 is 31.0 Å². The molecule has 1 heterocycles. The van der Waals surface area contributed by atoms with E-state index in [1.54, 1.807) is 17.5 Å². The van der Waals surface area contributed by atoms with Crippen LogP contribution >= 0.6 is 11.3 Å². The second kappa shape index (κ2) is 9.47. The first-order valence-electron chi connectivity index (χ1n) is 7.26. The summed E-state index contributed by atoms with van der Waals surface area (Å²) in [6.07, 6.45) is 0. The molecule has 2 N–H and O–H groups in total. The largest absolute Gasteiger partial charge is 0.454 e. The summed E-state index contributed by atoms with van der Waals surface area (Å²) in [6, 6.07) is 8.55. The number of carbonyl (C=O) groups is 3. The van der Waals surface area contributed by atoms with Crippen LogP contribution in [0.3, 0.4) is 0 Å². The van der Waals surface area contributed by atoms with Gasteiger partial charge in [0.15, 0.2) is 6.61 Å². The van der Waals surface area contributed by atoms with Crippen molar-refractivity contribution in [1.29, 1.82) is 0 Å². The quantitative estimate of drug-likeness (QED) is 0.681. The van der Waals surface area contributed by atoms with E-state index in [1.807, 2.05) is 0 Å². The molecule has 0 aliphatic rings. The Kier molecular flexibility index (Phi) is 7.03. The van der Waals surface area contributed by atoms with Crippen molar-refractivity contribution in [3.8, 4) is 5.75 Å². The molecule has 2 rings (SSSR count). The number of carbonyl (C=O) groups excluding carboxylic acids is 3. The van der Waals surface area contributed by atoms with Gasteiger partial charge in [0.2, 0.25) is 0 Å². The topological polar surface area (TPSA) is 93.7 Å². The van der Waals surface area contributed by atoms with Crippen molar-refractivity contribution in [2.75, 3.05) is 18.5 Å². The molecular weight excluding hydrogens is 370 g/mol. The van der Waals surface area contributed by atoms with Crippen LogP contribution in [0.5, 0.6) is 5.75 Å². The first-order valence-corrected chi connectivity index (χ1v) is 8.14. The van der Waals surface area contributed by atoms with Crippen LogP contribution < -0.4 is 15.4 Å². The molecule has 0 bridgehead atoms. The highest BCUT2D eigenvalue weighted by Crippen LogP contribution is 2.17. The maximum Gasteiger partial charge on any atom is 0.387 e. The number of esters is 1. The Hall–Kier alpha value is -3.01. The Balaban J connectivity index is 1.69. The van der Waals surface area contributed by atoms with Crippen LogP contribution in [0, 0.1) is 0 Å². The van der Waals surface area contributed by atoms with Gasteiger partial charge in [-0.25, -0.2) is 0 Å². The van der Waals surface area contributed by atoms with Crippen molar-refractivity contribution in [2.45, 2.75) is 6.61 Å². The Morgan fingerprint density at radius 3 is 2.46 bits per heavy atom. The molecule has 1 aromatic heterocycles. The smallest absolute Gasteiger partial charge is 0.387 e. The predicted molar refractivity (Wildman–Crippen MR) is 89.3 cm³/mol. The van der Waals surface area contributed by atoms with Gasteiger partial charge in [-0.15, -0.1) is 11.3 Å². The summed E-state index contributed by atoms with van der Waals surface area (Å²) in [6.45, 7) is -3.86. The lowest BCUT2D eigenvalue weighted by atomic mass is 10.3. The summed E-state index contributed by atoms with van der Waals surface area (Å²) in [5, 5.41) is 6.52. The zero-order valence-corrected chi connectivity index (χ0v) is 14.1. The fourth-order valence-electron chi connectivity index (χ4n) is 1.76. The normalized spacial score (nSPS) is 10.3. The third kappa shape index (κ3) is 6.48. The summed E-state index contributed by atoms with van der Waals surface area (Å²) in [5.41, 5.74) is 0.318. The molecule has 0 atom stereocenters. The minimum atomic E-state index is -2.94. The van der Waals surface area contributed by atoms with Crippen LogP contribution in [0.15, 0.2) is 41.8 Å². The SMILES string of the molecule is O=C(COC(=O)CNC(=O)c1cccs1)Nc1ccc(OC(F)F)cc1. The summed E-state index contributed by atoms with van der Waals surface area (Å²) in [7, 11) is 0. The zero-order chi connectivity index (χ0) is 18.9. The number of halogens is 2. The molecule has 26 heavy (non-hydrogen) atoms. The predicted octanol–water partition coefficient (Wildman–Crippen LogP) is 2.26. The second-order valence-electron chi connectivity index (χ2n) is 4.77. The molecule has 0 saturated heterocycles. The van der Waals surface area contributed by atoms with Crippen molar-refractivity contribution in [3.63, 3.8) is 0 Å². The Labute approximate surface area is 150 Å². The van der Waals surface area contributed by atoms with Crippen LogP contribution in [0.4, 0.5) is 14.5 Å².